The Kier molecular flexibility index (Phi) is 3.51. The lowest BCUT2D eigenvalue weighted by atomic mass is 9.97. The Hall–Kier alpha value is -1.63. The fourth-order valence-electron chi connectivity index (χ4n) is 1.20. The third kappa shape index (κ3) is 2.98. The number of thioether (sulfide) groups is 1. The number of aromatic nitrogens is 4. The number of nitrogens with zero attached hydrogens (tertiary/aromatic N) is 4. The van der Waals surface area contributed by atoms with Gasteiger partial charge in [0, 0.05) is 17.8 Å². The molecular formula is C11H15N5OS. The summed E-state index contributed by atoms with van der Waals surface area (Å²) in [6, 6.07) is 0. The molecule has 7 heteroatoms. The van der Waals surface area contributed by atoms with Crippen LogP contribution in [0.5, 0.6) is 0 Å². The van der Waals surface area contributed by atoms with E-state index in [1.165, 1.54) is 11.8 Å². The summed E-state index contributed by atoms with van der Waals surface area (Å²) < 4.78 is 5.21. The van der Waals surface area contributed by atoms with E-state index in [9.17, 15) is 0 Å². The molecule has 0 bridgehead atoms. The summed E-state index contributed by atoms with van der Waals surface area (Å²) >= 11 is 1.44. The van der Waals surface area contributed by atoms with Crippen molar-refractivity contribution < 1.29 is 4.52 Å². The van der Waals surface area contributed by atoms with Crippen molar-refractivity contribution in [2.24, 2.45) is 0 Å². The van der Waals surface area contributed by atoms with Gasteiger partial charge >= 0.3 is 0 Å². The van der Waals surface area contributed by atoms with E-state index in [4.69, 9.17) is 10.3 Å². The van der Waals surface area contributed by atoms with Crippen LogP contribution in [0.3, 0.4) is 0 Å². The van der Waals surface area contributed by atoms with Crippen LogP contribution >= 0.6 is 11.8 Å². The van der Waals surface area contributed by atoms with E-state index in [-0.39, 0.29) is 5.41 Å². The van der Waals surface area contributed by atoms with Gasteiger partial charge < -0.3 is 10.3 Å². The van der Waals surface area contributed by atoms with Crippen LogP contribution in [0.2, 0.25) is 0 Å². The van der Waals surface area contributed by atoms with Crippen molar-refractivity contribution >= 4 is 17.6 Å². The zero-order chi connectivity index (χ0) is 13.2. The first-order valence-electron chi connectivity index (χ1n) is 5.49. The van der Waals surface area contributed by atoms with Crippen LogP contribution in [-0.4, -0.2) is 20.1 Å². The van der Waals surface area contributed by atoms with Gasteiger partial charge in [0.2, 0.25) is 5.89 Å². The van der Waals surface area contributed by atoms with Crippen LogP contribution in [0.25, 0.3) is 0 Å². The zero-order valence-electron chi connectivity index (χ0n) is 10.5. The molecule has 2 rings (SSSR count). The van der Waals surface area contributed by atoms with Crippen LogP contribution < -0.4 is 5.73 Å². The Labute approximate surface area is 109 Å². The number of hydrogen-bond acceptors (Lipinski definition) is 7. The quantitative estimate of drug-likeness (QED) is 0.849. The predicted octanol–water partition coefficient (Wildman–Crippen LogP) is 2.03. The monoisotopic (exact) mass is 265 g/mol. The number of nitrogen functional groups attached to an aromatic ring is 1. The molecule has 6 nitrogen and oxygen atoms in total. The first-order chi connectivity index (χ1) is 8.47. The summed E-state index contributed by atoms with van der Waals surface area (Å²) in [4.78, 5) is 12.4. The minimum absolute atomic E-state index is 0.137. The minimum atomic E-state index is -0.137. The third-order valence-electron chi connectivity index (χ3n) is 2.14. The highest BCUT2D eigenvalue weighted by molar-refractivity contribution is 7.98. The second-order valence-electron chi connectivity index (χ2n) is 4.80. The molecule has 0 atom stereocenters. The number of anilines is 1. The van der Waals surface area contributed by atoms with Gasteiger partial charge in [0.05, 0.1) is 5.75 Å². The molecule has 2 heterocycles. The second kappa shape index (κ2) is 4.93. The van der Waals surface area contributed by atoms with Gasteiger partial charge in [-0.1, -0.05) is 37.7 Å². The summed E-state index contributed by atoms with van der Waals surface area (Å²) in [7, 11) is 0. The average Bonchev–Trinajstić information content (AvgIpc) is 2.76. The van der Waals surface area contributed by atoms with Crippen molar-refractivity contribution in [2.45, 2.75) is 37.0 Å². The van der Waals surface area contributed by atoms with E-state index >= 15 is 0 Å². The molecule has 96 valence electrons. The van der Waals surface area contributed by atoms with Crippen molar-refractivity contribution in [1.29, 1.82) is 0 Å². The largest absolute Gasteiger partial charge is 0.381 e. The van der Waals surface area contributed by atoms with E-state index in [1.807, 2.05) is 20.8 Å². The molecule has 0 aliphatic carbocycles. The molecule has 0 aliphatic rings. The molecule has 0 saturated heterocycles. The molecule has 0 radical (unpaired) electrons. The van der Waals surface area contributed by atoms with E-state index in [0.717, 1.165) is 0 Å². The van der Waals surface area contributed by atoms with Crippen LogP contribution in [0.4, 0.5) is 5.82 Å². The van der Waals surface area contributed by atoms with E-state index in [0.29, 0.717) is 28.3 Å². The summed E-state index contributed by atoms with van der Waals surface area (Å²) in [5.41, 5.74) is 5.56. The van der Waals surface area contributed by atoms with Crippen molar-refractivity contribution in [3.63, 3.8) is 0 Å². The lowest BCUT2D eigenvalue weighted by Crippen LogP contribution is -2.11. The summed E-state index contributed by atoms with van der Waals surface area (Å²) in [6.45, 7) is 6.08. The first kappa shape index (κ1) is 12.8. The maximum absolute atomic E-state index is 5.70. The van der Waals surface area contributed by atoms with Gasteiger partial charge in [-0.05, 0) is 0 Å². The van der Waals surface area contributed by atoms with E-state index in [1.54, 1.807) is 12.4 Å². The highest BCUT2D eigenvalue weighted by atomic mass is 32.2. The normalized spacial score (nSPS) is 11.7. The number of rotatable bonds is 3. The van der Waals surface area contributed by atoms with Crippen molar-refractivity contribution in [1.82, 2.24) is 20.1 Å². The van der Waals surface area contributed by atoms with Crippen molar-refractivity contribution in [3.8, 4) is 0 Å². The van der Waals surface area contributed by atoms with Gasteiger partial charge in [-0.15, -0.1) is 0 Å². The van der Waals surface area contributed by atoms with Gasteiger partial charge in [0.25, 0.3) is 0 Å². The standard InChI is InChI=1S/C11H15N5OS/c1-11(2,3)10-15-7(16-17-10)6-18-9-8(12)13-4-5-14-9/h4-5H,6H2,1-3H3,(H2,12,13). The van der Waals surface area contributed by atoms with Gasteiger partial charge in [0.1, 0.15) is 5.03 Å². The molecule has 2 aromatic heterocycles. The zero-order valence-corrected chi connectivity index (χ0v) is 11.4. The molecule has 0 unspecified atom stereocenters. The summed E-state index contributed by atoms with van der Waals surface area (Å²) in [6.07, 6.45) is 3.17. The lowest BCUT2D eigenvalue weighted by Gasteiger charge is -2.10. The van der Waals surface area contributed by atoms with Gasteiger partial charge in [-0.2, -0.15) is 4.98 Å². The Bertz CT molecular complexity index is 534. The fraction of sp³-hybridized carbons (Fsp3) is 0.455. The van der Waals surface area contributed by atoms with E-state index < -0.39 is 0 Å². The third-order valence-corrected chi connectivity index (χ3v) is 3.13. The minimum Gasteiger partial charge on any atom is -0.381 e. The van der Waals surface area contributed by atoms with E-state index in [2.05, 4.69) is 20.1 Å². The molecule has 18 heavy (non-hydrogen) atoms. The predicted molar refractivity (Wildman–Crippen MR) is 69.0 cm³/mol. The topological polar surface area (TPSA) is 90.7 Å². The van der Waals surface area contributed by atoms with Crippen LogP contribution in [0.1, 0.15) is 32.5 Å². The highest BCUT2D eigenvalue weighted by Crippen LogP contribution is 2.25. The number of nitrogens with two attached hydrogens (primary N) is 1. The van der Waals surface area contributed by atoms with Crippen LogP contribution in [0.15, 0.2) is 21.9 Å². The number of hydrogen-bond donors (Lipinski definition) is 1. The smallest absolute Gasteiger partial charge is 0.232 e. The molecular weight excluding hydrogens is 250 g/mol. The molecule has 2 aromatic rings. The Morgan fingerprint density at radius 3 is 2.61 bits per heavy atom. The molecule has 2 N–H and O–H groups in total. The molecule has 0 saturated carbocycles. The molecule has 0 aliphatic heterocycles. The van der Waals surface area contributed by atoms with Gasteiger partial charge in [0.15, 0.2) is 11.6 Å². The summed E-state index contributed by atoms with van der Waals surface area (Å²) in [5.74, 6) is 2.24. The van der Waals surface area contributed by atoms with Crippen molar-refractivity contribution in [3.05, 3.63) is 24.1 Å². The van der Waals surface area contributed by atoms with Crippen molar-refractivity contribution in [2.75, 3.05) is 5.73 Å². The summed E-state index contributed by atoms with van der Waals surface area (Å²) in [5, 5.41) is 4.61. The Morgan fingerprint density at radius 2 is 2.00 bits per heavy atom. The molecule has 0 aromatic carbocycles. The molecule has 0 spiro atoms. The Morgan fingerprint density at radius 1 is 1.28 bits per heavy atom. The van der Waals surface area contributed by atoms with Crippen LogP contribution in [0, 0.1) is 0 Å². The maximum Gasteiger partial charge on any atom is 0.232 e. The molecule has 0 fully saturated rings. The average molecular weight is 265 g/mol. The first-order valence-corrected chi connectivity index (χ1v) is 6.48. The van der Waals surface area contributed by atoms with Crippen LogP contribution in [-0.2, 0) is 11.2 Å². The fourth-order valence-corrected chi connectivity index (χ4v) is 1.92. The lowest BCUT2D eigenvalue weighted by molar-refractivity contribution is 0.319. The second-order valence-corrected chi connectivity index (χ2v) is 5.77. The van der Waals surface area contributed by atoms with Gasteiger partial charge in [-0.25, -0.2) is 9.97 Å². The molecule has 0 amide bonds. The SMILES string of the molecule is CC(C)(C)c1nc(CSc2nccnc2N)no1. The van der Waals surface area contributed by atoms with Gasteiger partial charge in [-0.3, -0.25) is 0 Å². The maximum atomic E-state index is 5.70. The Balaban J connectivity index is 2.03. The highest BCUT2D eigenvalue weighted by Gasteiger charge is 2.21.